The Morgan fingerprint density at radius 1 is 1.12 bits per heavy atom. The van der Waals surface area contributed by atoms with E-state index in [-0.39, 0.29) is 5.91 Å². The summed E-state index contributed by atoms with van der Waals surface area (Å²) in [5.74, 6) is 0.734. The predicted molar refractivity (Wildman–Crippen MR) is 93.6 cm³/mol. The SMILES string of the molecule is O=C(CCc1cccc(Cl)c1)NCc1ccc(-c2ccco2)nc1. The highest BCUT2D eigenvalue weighted by Gasteiger charge is 2.05. The third-order valence-corrected chi connectivity index (χ3v) is 3.85. The van der Waals surface area contributed by atoms with Crippen molar-refractivity contribution < 1.29 is 9.21 Å². The summed E-state index contributed by atoms with van der Waals surface area (Å²) >= 11 is 5.94. The second kappa shape index (κ2) is 7.79. The van der Waals surface area contributed by atoms with Gasteiger partial charge in [0.15, 0.2) is 5.76 Å². The number of amides is 1. The number of hydrogen-bond acceptors (Lipinski definition) is 3. The van der Waals surface area contributed by atoms with Crippen molar-refractivity contribution >= 4 is 17.5 Å². The molecule has 0 unspecified atom stereocenters. The monoisotopic (exact) mass is 340 g/mol. The van der Waals surface area contributed by atoms with Crippen LogP contribution in [0.3, 0.4) is 0 Å². The number of carbonyl (C=O) groups is 1. The van der Waals surface area contributed by atoms with Crippen LogP contribution in [0.5, 0.6) is 0 Å². The third-order valence-electron chi connectivity index (χ3n) is 3.62. The van der Waals surface area contributed by atoms with Gasteiger partial charge in [-0.25, -0.2) is 0 Å². The van der Waals surface area contributed by atoms with Crippen molar-refractivity contribution in [1.29, 1.82) is 0 Å². The smallest absolute Gasteiger partial charge is 0.220 e. The number of halogens is 1. The lowest BCUT2D eigenvalue weighted by molar-refractivity contribution is -0.121. The minimum atomic E-state index is 0.00471. The summed E-state index contributed by atoms with van der Waals surface area (Å²) in [7, 11) is 0. The highest BCUT2D eigenvalue weighted by Crippen LogP contribution is 2.17. The first-order chi connectivity index (χ1) is 11.7. The number of carbonyl (C=O) groups excluding carboxylic acids is 1. The molecule has 4 nitrogen and oxygen atoms in total. The van der Waals surface area contributed by atoms with Crippen molar-refractivity contribution in [3.05, 3.63) is 77.1 Å². The number of aromatic nitrogens is 1. The first-order valence-electron chi connectivity index (χ1n) is 7.71. The van der Waals surface area contributed by atoms with Gasteiger partial charge in [0.1, 0.15) is 5.69 Å². The van der Waals surface area contributed by atoms with Crippen LogP contribution in [0.4, 0.5) is 0 Å². The Morgan fingerprint density at radius 2 is 2.04 bits per heavy atom. The van der Waals surface area contributed by atoms with Crippen LogP contribution < -0.4 is 5.32 Å². The number of nitrogens with one attached hydrogen (secondary N) is 1. The highest BCUT2D eigenvalue weighted by atomic mass is 35.5. The van der Waals surface area contributed by atoms with Gasteiger partial charge in [-0.05, 0) is 47.9 Å². The van der Waals surface area contributed by atoms with Gasteiger partial charge in [-0.15, -0.1) is 0 Å². The lowest BCUT2D eigenvalue weighted by Gasteiger charge is -2.06. The van der Waals surface area contributed by atoms with Crippen molar-refractivity contribution in [3.8, 4) is 11.5 Å². The molecule has 0 atom stereocenters. The molecule has 1 N–H and O–H groups in total. The molecule has 1 amide bonds. The Labute approximate surface area is 145 Å². The van der Waals surface area contributed by atoms with Crippen LogP contribution in [0.15, 0.2) is 65.4 Å². The summed E-state index contributed by atoms with van der Waals surface area (Å²) in [6.45, 7) is 0.458. The predicted octanol–water partition coefficient (Wildman–Crippen LogP) is 4.24. The molecule has 0 saturated heterocycles. The summed E-state index contributed by atoms with van der Waals surface area (Å²) in [5.41, 5.74) is 2.78. The quantitative estimate of drug-likeness (QED) is 0.730. The Morgan fingerprint density at radius 3 is 2.75 bits per heavy atom. The fourth-order valence-electron chi connectivity index (χ4n) is 2.34. The van der Waals surface area contributed by atoms with Crippen molar-refractivity contribution in [2.24, 2.45) is 0 Å². The molecule has 0 spiro atoms. The summed E-state index contributed by atoms with van der Waals surface area (Å²) in [6.07, 6.45) is 4.46. The molecule has 0 aliphatic rings. The normalized spacial score (nSPS) is 10.5. The minimum absolute atomic E-state index is 0.00471. The molecule has 122 valence electrons. The van der Waals surface area contributed by atoms with Gasteiger partial charge >= 0.3 is 0 Å². The van der Waals surface area contributed by atoms with E-state index in [2.05, 4.69) is 10.3 Å². The molecule has 2 heterocycles. The number of pyridine rings is 1. The number of nitrogens with zero attached hydrogens (tertiary/aromatic N) is 1. The van der Waals surface area contributed by atoms with Gasteiger partial charge in [-0.3, -0.25) is 9.78 Å². The van der Waals surface area contributed by atoms with Crippen molar-refractivity contribution in [2.45, 2.75) is 19.4 Å². The maximum Gasteiger partial charge on any atom is 0.220 e. The van der Waals surface area contributed by atoms with E-state index in [1.807, 2.05) is 48.5 Å². The number of benzene rings is 1. The standard InChI is InChI=1S/C19H17ClN2O2/c20-16-4-1-3-14(11-16)7-9-19(23)22-13-15-6-8-17(21-12-15)18-5-2-10-24-18/h1-6,8,10-12H,7,9,13H2,(H,22,23). The van der Waals surface area contributed by atoms with E-state index in [9.17, 15) is 4.79 Å². The average molecular weight is 341 g/mol. The minimum Gasteiger partial charge on any atom is -0.463 e. The second-order valence-electron chi connectivity index (χ2n) is 5.44. The molecule has 5 heteroatoms. The van der Waals surface area contributed by atoms with Gasteiger partial charge in [-0.2, -0.15) is 0 Å². The number of rotatable bonds is 6. The Balaban J connectivity index is 1.47. The molecular weight excluding hydrogens is 324 g/mol. The molecule has 1 aromatic carbocycles. The number of hydrogen-bond donors (Lipinski definition) is 1. The van der Waals surface area contributed by atoms with Crippen LogP contribution in [-0.4, -0.2) is 10.9 Å². The topological polar surface area (TPSA) is 55.1 Å². The van der Waals surface area contributed by atoms with E-state index in [1.165, 1.54) is 0 Å². The summed E-state index contributed by atoms with van der Waals surface area (Å²) < 4.78 is 5.30. The molecule has 0 radical (unpaired) electrons. The van der Waals surface area contributed by atoms with E-state index < -0.39 is 0 Å². The third kappa shape index (κ3) is 4.46. The molecule has 0 aliphatic carbocycles. The van der Waals surface area contributed by atoms with Gasteiger partial charge in [0, 0.05) is 24.2 Å². The molecule has 24 heavy (non-hydrogen) atoms. The van der Waals surface area contributed by atoms with Crippen LogP contribution in [0.25, 0.3) is 11.5 Å². The first-order valence-corrected chi connectivity index (χ1v) is 8.08. The van der Waals surface area contributed by atoms with E-state index in [1.54, 1.807) is 12.5 Å². The summed E-state index contributed by atoms with van der Waals surface area (Å²) in [6, 6.07) is 15.1. The van der Waals surface area contributed by atoms with Crippen LogP contribution >= 0.6 is 11.6 Å². The average Bonchev–Trinajstić information content (AvgIpc) is 3.13. The number of furan rings is 1. The molecule has 3 rings (SSSR count). The fraction of sp³-hybridized carbons (Fsp3) is 0.158. The van der Waals surface area contributed by atoms with Crippen molar-refractivity contribution in [3.63, 3.8) is 0 Å². The van der Waals surface area contributed by atoms with Gasteiger partial charge in [-0.1, -0.05) is 29.8 Å². The van der Waals surface area contributed by atoms with Crippen LogP contribution in [0.1, 0.15) is 17.5 Å². The van der Waals surface area contributed by atoms with E-state index in [0.29, 0.717) is 24.4 Å². The van der Waals surface area contributed by atoms with Crippen LogP contribution in [-0.2, 0) is 17.8 Å². The lowest BCUT2D eigenvalue weighted by atomic mass is 10.1. The highest BCUT2D eigenvalue weighted by molar-refractivity contribution is 6.30. The number of aryl methyl sites for hydroxylation is 1. The summed E-state index contributed by atoms with van der Waals surface area (Å²) in [5, 5.41) is 3.59. The maximum atomic E-state index is 11.9. The van der Waals surface area contributed by atoms with Gasteiger partial charge in [0.2, 0.25) is 5.91 Å². The zero-order valence-corrected chi connectivity index (χ0v) is 13.8. The van der Waals surface area contributed by atoms with E-state index in [4.69, 9.17) is 16.0 Å². The molecular formula is C19H17ClN2O2. The Bertz CT molecular complexity index is 798. The summed E-state index contributed by atoms with van der Waals surface area (Å²) in [4.78, 5) is 16.3. The molecule has 3 aromatic rings. The fourth-order valence-corrected chi connectivity index (χ4v) is 2.55. The van der Waals surface area contributed by atoms with Gasteiger partial charge < -0.3 is 9.73 Å². The first kappa shape index (κ1) is 16.3. The zero-order valence-electron chi connectivity index (χ0n) is 13.0. The maximum absolute atomic E-state index is 11.9. The van der Waals surface area contributed by atoms with E-state index in [0.717, 1.165) is 22.6 Å². The molecule has 0 aliphatic heterocycles. The lowest BCUT2D eigenvalue weighted by Crippen LogP contribution is -2.23. The Kier molecular flexibility index (Phi) is 5.29. The van der Waals surface area contributed by atoms with Gasteiger partial charge in [0.25, 0.3) is 0 Å². The van der Waals surface area contributed by atoms with Crippen LogP contribution in [0.2, 0.25) is 5.02 Å². The molecule has 0 saturated carbocycles. The largest absolute Gasteiger partial charge is 0.463 e. The Hall–Kier alpha value is -2.59. The van der Waals surface area contributed by atoms with Crippen molar-refractivity contribution in [2.75, 3.05) is 0 Å². The second-order valence-corrected chi connectivity index (χ2v) is 5.87. The van der Waals surface area contributed by atoms with E-state index >= 15 is 0 Å². The molecule has 2 aromatic heterocycles. The van der Waals surface area contributed by atoms with Crippen LogP contribution in [0, 0.1) is 0 Å². The zero-order chi connectivity index (χ0) is 16.8. The van der Waals surface area contributed by atoms with Crippen molar-refractivity contribution in [1.82, 2.24) is 10.3 Å². The van der Waals surface area contributed by atoms with Gasteiger partial charge in [0.05, 0.1) is 6.26 Å². The molecule has 0 bridgehead atoms. The molecule has 0 fully saturated rings.